The van der Waals surface area contributed by atoms with Crippen LogP contribution in [0.3, 0.4) is 0 Å². The van der Waals surface area contributed by atoms with Gasteiger partial charge >= 0.3 is 0 Å². The summed E-state index contributed by atoms with van der Waals surface area (Å²) in [5.74, 6) is -0.381. The summed E-state index contributed by atoms with van der Waals surface area (Å²) in [5, 5.41) is 15.1. The lowest BCUT2D eigenvalue weighted by Crippen LogP contribution is -2.34. The van der Waals surface area contributed by atoms with E-state index in [4.69, 9.17) is 9.97 Å². The number of anilines is 2. The number of carbonyl (C=O) groups excluding carboxylic acids is 2. The summed E-state index contributed by atoms with van der Waals surface area (Å²) < 4.78 is 0. The monoisotopic (exact) mass is 710 g/mol. The molecule has 0 saturated carbocycles. The van der Waals surface area contributed by atoms with E-state index in [9.17, 15) is 9.59 Å². The highest BCUT2D eigenvalue weighted by Gasteiger charge is 2.15. The molecule has 2 heterocycles. The van der Waals surface area contributed by atoms with Gasteiger partial charge in [0.15, 0.2) is 0 Å². The molecule has 2 atom stereocenters. The Morgan fingerprint density at radius 3 is 1.37 bits per heavy atom. The van der Waals surface area contributed by atoms with Gasteiger partial charge in [-0.2, -0.15) is 0 Å². The normalized spacial score (nSPS) is 12.7. The summed E-state index contributed by atoms with van der Waals surface area (Å²) in [7, 11) is 0. The van der Waals surface area contributed by atoms with Crippen LogP contribution in [-0.2, 0) is 0 Å². The van der Waals surface area contributed by atoms with E-state index >= 15 is 0 Å². The Bertz CT molecular complexity index is 1640. The first kappa shape index (κ1) is 40.5. The first-order valence-corrected chi connectivity index (χ1v) is 19.4. The first-order chi connectivity index (χ1) is 25.0. The van der Waals surface area contributed by atoms with Gasteiger partial charge < -0.3 is 31.1 Å². The van der Waals surface area contributed by atoms with E-state index in [1.165, 1.54) is 0 Å². The summed E-state index contributed by atoms with van der Waals surface area (Å²) in [4.78, 5) is 40.7. The molecule has 2 aromatic carbocycles. The second kappa shape index (κ2) is 20.1. The molecule has 0 fully saturated rings. The molecule has 0 aliphatic rings. The second-order valence-corrected chi connectivity index (χ2v) is 14.0. The quantitative estimate of drug-likeness (QED) is 0.0662. The molecule has 2 aromatic heterocycles. The van der Waals surface area contributed by atoms with Crippen molar-refractivity contribution in [2.24, 2.45) is 0 Å². The minimum atomic E-state index is -0.191. The lowest BCUT2D eigenvalue weighted by atomic mass is 10.1. The van der Waals surface area contributed by atoms with Gasteiger partial charge in [0.25, 0.3) is 11.8 Å². The number of benzene rings is 2. The zero-order chi connectivity index (χ0) is 37.6. The molecule has 282 valence electrons. The molecule has 0 spiro atoms. The molecule has 52 heavy (non-hydrogen) atoms. The fourth-order valence-corrected chi connectivity index (χ4v) is 6.79. The lowest BCUT2D eigenvalue weighted by Gasteiger charge is -2.21. The van der Waals surface area contributed by atoms with Crippen LogP contribution in [0.25, 0.3) is 21.8 Å². The van der Waals surface area contributed by atoms with Crippen LogP contribution in [0.1, 0.15) is 99.3 Å². The van der Waals surface area contributed by atoms with Gasteiger partial charge in [-0.25, -0.2) is 0 Å². The standard InChI is InChI=1S/C42H62N8O2/c1-9-49(10-2)23-13-15-29(5)45-39-25-31(7)47-37-19-17-33(27-35(37)39)41(51)43-21-22-44-42(52)34-18-20-38-36(28-34)40(26-32(8)48-38)46-30(6)16-14-24-50(11-3)12-4/h17-20,25-30H,9-16,21-24H2,1-8H3,(H,43,51)(H,44,52)(H,45,47)(H,46,48). The maximum atomic E-state index is 13.2. The number of hydrogen-bond donors (Lipinski definition) is 4. The molecule has 4 N–H and O–H groups in total. The molecule has 2 amide bonds. The SMILES string of the molecule is CCN(CC)CCCC(C)Nc1cc(C)nc2ccc(C(=O)NCCNC(=O)c3ccc4nc(C)cc(NC(C)CCCN(CC)CC)c4c3)cc12. The van der Waals surface area contributed by atoms with Gasteiger partial charge in [-0.15, -0.1) is 0 Å². The number of nitrogens with one attached hydrogen (secondary N) is 4. The maximum absolute atomic E-state index is 13.2. The van der Waals surface area contributed by atoms with Gasteiger partial charge in [0.05, 0.1) is 11.0 Å². The molecule has 0 aliphatic heterocycles. The second-order valence-electron chi connectivity index (χ2n) is 14.0. The average molecular weight is 711 g/mol. The van der Waals surface area contributed by atoms with Crippen LogP contribution in [0, 0.1) is 13.8 Å². The Hall–Kier alpha value is -4.28. The molecule has 2 unspecified atom stereocenters. The topological polar surface area (TPSA) is 115 Å². The highest BCUT2D eigenvalue weighted by atomic mass is 16.2. The Labute approximate surface area is 311 Å². The van der Waals surface area contributed by atoms with Crippen molar-refractivity contribution in [3.63, 3.8) is 0 Å². The minimum Gasteiger partial charge on any atom is -0.382 e. The Kier molecular flexibility index (Phi) is 15.6. The third-order valence-electron chi connectivity index (χ3n) is 9.91. The summed E-state index contributed by atoms with van der Waals surface area (Å²) in [6.07, 6.45) is 4.34. The van der Waals surface area contributed by atoms with E-state index in [0.29, 0.717) is 24.2 Å². The summed E-state index contributed by atoms with van der Waals surface area (Å²) in [5.41, 5.74) is 6.66. The van der Waals surface area contributed by atoms with Crippen molar-refractivity contribution in [3.05, 3.63) is 71.0 Å². The summed E-state index contributed by atoms with van der Waals surface area (Å²) >= 11 is 0. The fraction of sp³-hybridized carbons (Fsp3) is 0.524. The Balaban J connectivity index is 1.33. The van der Waals surface area contributed by atoms with Crippen LogP contribution in [0.5, 0.6) is 0 Å². The molecular weight excluding hydrogens is 649 g/mol. The fourth-order valence-electron chi connectivity index (χ4n) is 6.79. The molecule has 0 saturated heterocycles. The molecule has 4 rings (SSSR count). The predicted molar refractivity (Wildman–Crippen MR) is 218 cm³/mol. The van der Waals surface area contributed by atoms with E-state index < -0.39 is 0 Å². The number of hydrogen-bond acceptors (Lipinski definition) is 8. The highest BCUT2D eigenvalue weighted by Crippen LogP contribution is 2.27. The lowest BCUT2D eigenvalue weighted by molar-refractivity contribution is 0.0928. The third-order valence-corrected chi connectivity index (χ3v) is 9.91. The number of rotatable bonds is 21. The maximum Gasteiger partial charge on any atom is 0.251 e. The molecule has 10 nitrogen and oxygen atoms in total. The van der Waals surface area contributed by atoms with Crippen LogP contribution < -0.4 is 21.3 Å². The summed E-state index contributed by atoms with van der Waals surface area (Å²) in [6, 6.07) is 15.9. The largest absolute Gasteiger partial charge is 0.382 e. The van der Waals surface area contributed by atoms with Crippen molar-refractivity contribution in [1.82, 2.24) is 30.4 Å². The van der Waals surface area contributed by atoms with Crippen LogP contribution in [0.4, 0.5) is 11.4 Å². The van der Waals surface area contributed by atoms with Crippen LogP contribution >= 0.6 is 0 Å². The molecule has 0 radical (unpaired) electrons. The molecule has 10 heteroatoms. The molecular formula is C42H62N8O2. The van der Waals surface area contributed by atoms with E-state index in [2.05, 4.69) is 84.7 Å². The predicted octanol–water partition coefficient (Wildman–Crippen LogP) is 7.40. The van der Waals surface area contributed by atoms with Gasteiger partial charge in [-0.3, -0.25) is 19.6 Å². The number of amides is 2. The Morgan fingerprint density at radius 2 is 1.00 bits per heavy atom. The first-order valence-electron chi connectivity index (χ1n) is 19.4. The number of nitrogens with zero attached hydrogens (tertiary/aromatic N) is 4. The van der Waals surface area contributed by atoms with E-state index in [0.717, 1.165) is 110 Å². The number of pyridine rings is 2. The molecule has 0 bridgehead atoms. The number of aryl methyl sites for hydroxylation is 2. The van der Waals surface area contributed by atoms with E-state index in [1.54, 1.807) is 0 Å². The van der Waals surface area contributed by atoms with E-state index in [-0.39, 0.29) is 23.9 Å². The number of carbonyl (C=O) groups is 2. The molecule has 0 aliphatic carbocycles. The van der Waals surface area contributed by atoms with Gasteiger partial charge in [0.1, 0.15) is 0 Å². The highest BCUT2D eigenvalue weighted by molar-refractivity contribution is 6.02. The smallest absolute Gasteiger partial charge is 0.251 e. The summed E-state index contributed by atoms with van der Waals surface area (Å²) in [6.45, 7) is 24.3. The van der Waals surface area contributed by atoms with Crippen molar-refractivity contribution in [2.45, 2.75) is 93.2 Å². The zero-order valence-corrected chi connectivity index (χ0v) is 32.9. The van der Waals surface area contributed by atoms with E-state index in [1.807, 2.05) is 50.2 Å². The van der Waals surface area contributed by atoms with Crippen molar-refractivity contribution < 1.29 is 9.59 Å². The number of fused-ring (bicyclic) bond motifs is 2. The van der Waals surface area contributed by atoms with Crippen molar-refractivity contribution in [3.8, 4) is 0 Å². The number of aromatic nitrogens is 2. The van der Waals surface area contributed by atoms with Gasteiger partial charge in [0, 0.05) is 69.8 Å². The Morgan fingerprint density at radius 1 is 0.615 bits per heavy atom. The van der Waals surface area contributed by atoms with Crippen LogP contribution in [0.2, 0.25) is 0 Å². The van der Waals surface area contributed by atoms with Crippen LogP contribution in [0.15, 0.2) is 48.5 Å². The van der Waals surface area contributed by atoms with Crippen molar-refractivity contribution in [1.29, 1.82) is 0 Å². The van der Waals surface area contributed by atoms with Gasteiger partial charge in [-0.05, 0) is 141 Å². The van der Waals surface area contributed by atoms with Gasteiger partial charge in [-0.1, -0.05) is 27.7 Å². The minimum absolute atomic E-state index is 0.191. The van der Waals surface area contributed by atoms with Crippen molar-refractivity contribution in [2.75, 3.05) is 63.0 Å². The average Bonchev–Trinajstić information content (AvgIpc) is 3.13. The van der Waals surface area contributed by atoms with Crippen molar-refractivity contribution >= 4 is 45.0 Å². The third kappa shape index (κ3) is 11.6. The van der Waals surface area contributed by atoms with Crippen LogP contribution in [-0.4, -0.2) is 96.0 Å². The molecule has 4 aromatic rings. The van der Waals surface area contributed by atoms with Gasteiger partial charge in [0.2, 0.25) is 0 Å². The zero-order valence-electron chi connectivity index (χ0n) is 32.9.